The first-order valence-corrected chi connectivity index (χ1v) is 7.08. The van der Waals surface area contributed by atoms with Crippen LogP contribution in [-0.4, -0.2) is 24.0 Å². The number of likely N-dealkylation sites (tertiary alicyclic amines) is 1. The maximum atomic E-state index is 6.26. The molecular formula is C16H26N2. The molecule has 2 rings (SSSR count). The van der Waals surface area contributed by atoms with Gasteiger partial charge in [-0.25, -0.2) is 0 Å². The van der Waals surface area contributed by atoms with E-state index in [2.05, 4.69) is 44.7 Å². The molecule has 0 radical (unpaired) electrons. The quantitative estimate of drug-likeness (QED) is 0.888. The van der Waals surface area contributed by atoms with E-state index in [4.69, 9.17) is 5.73 Å². The van der Waals surface area contributed by atoms with E-state index in [1.54, 1.807) is 0 Å². The lowest BCUT2D eigenvalue weighted by Gasteiger charge is -2.32. The molecule has 0 aromatic heterocycles. The molecule has 1 aromatic carbocycles. The van der Waals surface area contributed by atoms with Crippen LogP contribution in [0.2, 0.25) is 0 Å². The number of hydrogen-bond donors (Lipinski definition) is 1. The molecule has 0 bridgehead atoms. The highest BCUT2D eigenvalue weighted by molar-refractivity contribution is 5.39. The summed E-state index contributed by atoms with van der Waals surface area (Å²) in [6, 6.07) is 5.21. The molecule has 1 fully saturated rings. The standard InChI is InChI=1S/C16H26N2/c1-11-9-13(3)15(10-12(11)2)16(14(4)17)18-7-5-6-8-18/h9-10,14,16H,5-8,17H2,1-4H3. The monoisotopic (exact) mass is 246 g/mol. The van der Waals surface area contributed by atoms with Crippen LogP contribution in [0.25, 0.3) is 0 Å². The average Bonchev–Trinajstić information content (AvgIpc) is 2.79. The lowest BCUT2D eigenvalue weighted by Crippen LogP contribution is -2.38. The molecule has 1 aromatic rings. The summed E-state index contributed by atoms with van der Waals surface area (Å²) < 4.78 is 0. The lowest BCUT2D eigenvalue weighted by atomic mass is 9.92. The minimum atomic E-state index is 0.184. The number of hydrogen-bond acceptors (Lipinski definition) is 2. The fourth-order valence-corrected chi connectivity index (χ4v) is 3.13. The van der Waals surface area contributed by atoms with E-state index in [-0.39, 0.29) is 6.04 Å². The van der Waals surface area contributed by atoms with Gasteiger partial charge in [-0.05, 0) is 75.9 Å². The molecular weight excluding hydrogens is 220 g/mol. The van der Waals surface area contributed by atoms with Gasteiger partial charge in [-0.1, -0.05) is 12.1 Å². The molecule has 2 unspecified atom stereocenters. The van der Waals surface area contributed by atoms with Gasteiger partial charge in [0.25, 0.3) is 0 Å². The molecule has 2 nitrogen and oxygen atoms in total. The van der Waals surface area contributed by atoms with Gasteiger partial charge in [-0.3, -0.25) is 4.90 Å². The van der Waals surface area contributed by atoms with E-state index < -0.39 is 0 Å². The Morgan fingerprint density at radius 3 is 2.11 bits per heavy atom. The van der Waals surface area contributed by atoms with Crippen LogP contribution in [0.3, 0.4) is 0 Å². The summed E-state index contributed by atoms with van der Waals surface area (Å²) in [6.07, 6.45) is 2.63. The summed E-state index contributed by atoms with van der Waals surface area (Å²) in [4.78, 5) is 2.56. The fraction of sp³-hybridized carbons (Fsp3) is 0.625. The zero-order valence-corrected chi connectivity index (χ0v) is 12.2. The average molecular weight is 246 g/mol. The summed E-state index contributed by atoms with van der Waals surface area (Å²) in [5.74, 6) is 0. The predicted octanol–water partition coefficient (Wildman–Crippen LogP) is 3.10. The fourth-order valence-electron chi connectivity index (χ4n) is 3.13. The molecule has 18 heavy (non-hydrogen) atoms. The third-order valence-electron chi connectivity index (χ3n) is 4.23. The highest BCUT2D eigenvalue weighted by Crippen LogP contribution is 2.31. The van der Waals surface area contributed by atoms with E-state index in [0.29, 0.717) is 6.04 Å². The Hall–Kier alpha value is -0.860. The van der Waals surface area contributed by atoms with Gasteiger partial charge in [0.05, 0.1) is 0 Å². The van der Waals surface area contributed by atoms with Crippen molar-refractivity contribution < 1.29 is 0 Å². The van der Waals surface area contributed by atoms with E-state index in [1.165, 1.54) is 48.2 Å². The maximum Gasteiger partial charge on any atom is 0.0499 e. The molecule has 2 atom stereocenters. The van der Waals surface area contributed by atoms with Crippen molar-refractivity contribution in [3.63, 3.8) is 0 Å². The van der Waals surface area contributed by atoms with Crippen molar-refractivity contribution in [2.24, 2.45) is 5.73 Å². The smallest absolute Gasteiger partial charge is 0.0499 e. The van der Waals surface area contributed by atoms with Gasteiger partial charge in [0.15, 0.2) is 0 Å². The Kier molecular flexibility index (Phi) is 4.08. The third kappa shape index (κ3) is 2.60. The molecule has 0 aliphatic carbocycles. The van der Waals surface area contributed by atoms with Gasteiger partial charge in [-0.15, -0.1) is 0 Å². The molecule has 1 heterocycles. The second-order valence-corrected chi connectivity index (χ2v) is 5.84. The Morgan fingerprint density at radius 1 is 1.00 bits per heavy atom. The maximum absolute atomic E-state index is 6.26. The first-order valence-electron chi connectivity index (χ1n) is 7.08. The Morgan fingerprint density at radius 2 is 1.56 bits per heavy atom. The second-order valence-electron chi connectivity index (χ2n) is 5.84. The van der Waals surface area contributed by atoms with Gasteiger partial charge < -0.3 is 5.73 Å². The molecule has 2 N–H and O–H groups in total. The van der Waals surface area contributed by atoms with Crippen LogP contribution in [-0.2, 0) is 0 Å². The molecule has 1 aliphatic rings. The van der Waals surface area contributed by atoms with Crippen LogP contribution in [0.5, 0.6) is 0 Å². The van der Waals surface area contributed by atoms with Gasteiger partial charge in [0.1, 0.15) is 0 Å². The normalized spacial score (nSPS) is 20.1. The van der Waals surface area contributed by atoms with Gasteiger partial charge in [0, 0.05) is 12.1 Å². The van der Waals surface area contributed by atoms with Crippen molar-refractivity contribution >= 4 is 0 Å². The Labute approximate surface area is 111 Å². The topological polar surface area (TPSA) is 29.3 Å². The number of rotatable bonds is 3. The molecule has 1 saturated heterocycles. The summed E-state index contributed by atoms with van der Waals surface area (Å²) in [7, 11) is 0. The van der Waals surface area contributed by atoms with Crippen molar-refractivity contribution in [3.8, 4) is 0 Å². The minimum Gasteiger partial charge on any atom is -0.326 e. The van der Waals surface area contributed by atoms with Crippen molar-refractivity contribution in [1.29, 1.82) is 0 Å². The van der Waals surface area contributed by atoms with E-state index in [0.717, 1.165) is 0 Å². The van der Waals surface area contributed by atoms with Crippen LogP contribution in [0, 0.1) is 20.8 Å². The summed E-state index contributed by atoms with van der Waals surface area (Å²) in [5, 5.41) is 0. The first kappa shape index (κ1) is 13.6. The molecule has 2 heteroatoms. The molecule has 100 valence electrons. The van der Waals surface area contributed by atoms with Gasteiger partial charge in [-0.2, -0.15) is 0 Å². The van der Waals surface area contributed by atoms with Crippen molar-refractivity contribution in [2.75, 3.05) is 13.1 Å². The van der Waals surface area contributed by atoms with Gasteiger partial charge >= 0.3 is 0 Å². The molecule has 1 aliphatic heterocycles. The SMILES string of the molecule is Cc1cc(C)c(C(C(C)N)N2CCCC2)cc1C. The van der Waals surface area contributed by atoms with Crippen LogP contribution in [0.4, 0.5) is 0 Å². The van der Waals surface area contributed by atoms with E-state index in [1.807, 2.05) is 0 Å². The summed E-state index contributed by atoms with van der Waals surface area (Å²) in [5.41, 5.74) is 11.8. The molecule has 0 saturated carbocycles. The first-order chi connectivity index (χ1) is 8.50. The zero-order valence-electron chi connectivity index (χ0n) is 12.2. The van der Waals surface area contributed by atoms with Crippen molar-refractivity contribution in [1.82, 2.24) is 4.90 Å². The summed E-state index contributed by atoms with van der Waals surface area (Å²) >= 11 is 0. The van der Waals surface area contributed by atoms with Crippen molar-refractivity contribution in [3.05, 3.63) is 34.4 Å². The summed E-state index contributed by atoms with van der Waals surface area (Å²) in [6.45, 7) is 11.1. The second kappa shape index (κ2) is 5.41. The third-order valence-corrected chi connectivity index (χ3v) is 4.23. The van der Waals surface area contributed by atoms with Crippen LogP contribution in [0.15, 0.2) is 12.1 Å². The zero-order chi connectivity index (χ0) is 13.3. The van der Waals surface area contributed by atoms with Crippen LogP contribution >= 0.6 is 0 Å². The van der Waals surface area contributed by atoms with Crippen LogP contribution in [0.1, 0.15) is 48.1 Å². The highest BCUT2D eigenvalue weighted by atomic mass is 15.2. The molecule has 0 amide bonds. The lowest BCUT2D eigenvalue weighted by molar-refractivity contribution is 0.218. The highest BCUT2D eigenvalue weighted by Gasteiger charge is 2.27. The number of benzene rings is 1. The van der Waals surface area contributed by atoms with Gasteiger partial charge in [0.2, 0.25) is 0 Å². The minimum absolute atomic E-state index is 0.184. The molecule has 0 spiro atoms. The largest absolute Gasteiger partial charge is 0.326 e. The van der Waals surface area contributed by atoms with Crippen molar-refractivity contribution in [2.45, 2.75) is 52.6 Å². The Balaban J connectivity index is 2.39. The van der Waals surface area contributed by atoms with E-state index >= 15 is 0 Å². The van der Waals surface area contributed by atoms with E-state index in [9.17, 15) is 0 Å². The Bertz CT molecular complexity index is 417. The number of aryl methyl sites for hydroxylation is 3. The predicted molar refractivity (Wildman–Crippen MR) is 77.9 cm³/mol. The van der Waals surface area contributed by atoms with Crippen LogP contribution < -0.4 is 5.73 Å². The number of nitrogens with zero attached hydrogens (tertiary/aromatic N) is 1. The number of nitrogens with two attached hydrogens (primary N) is 1.